The van der Waals surface area contributed by atoms with Crippen LogP contribution in [0.2, 0.25) is 0 Å². The molecule has 2 aromatic heterocycles. The smallest absolute Gasteiger partial charge is 0.271 e. The Kier molecular flexibility index (Phi) is 4.88. The number of nitrogens with zero attached hydrogens (tertiary/aromatic N) is 2. The second kappa shape index (κ2) is 7.25. The van der Waals surface area contributed by atoms with Crippen LogP contribution in [0.15, 0.2) is 35.3 Å². The van der Waals surface area contributed by atoms with E-state index in [1.165, 1.54) is 12.1 Å². The molecule has 126 valence electrons. The van der Waals surface area contributed by atoms with Crippen LogP contribution in [-0.4, -0.2) is 33.2 Å². The minimum Gasteiger partial charge on any atom is -0.489 e. The van der Waals surface area contributed by atoms with E-state index < -0.39 is 0 Å². The predicted octanol–water partition coefficient (Wildman–Crippen LogP) is 1.59. The first-order chi connectivity index (χ1) is 11.6. The molecule has 0 aromatic carbocycles. The van der Waals surface area contributed by atoms with Gasteiger partial charge in [0.2, 0.25) is 0 Å². The third kappa shape index (κ3) is 3.98. The molecular formula is C17H20N4O3. The molecular weight excluding hydrogens is 308 g/mol. The average molecular weight is 328 g/mol. The fourth-order valence-corrected chi connectivity index (χ4v) is 2.83. The molecule has 2 N–H and O–H groups in total. The summed E-state index contributed by atoms with van der Waals surface area (Å²) >= 11 is 0. The van der Waals surface area contributed by atoms with E-state index in [0.717, 1.165) is 37.1 Å². The van der Waals surface area contributed by atoms with Gasteiger partial charge in [-0.25, -0.2) is 5.10 Å². The molecule has 0 saturated heterocycles. The number of hydrogen-bond donors (Lipinski definition) is 2. The Morgan fingerprint density at radius 2 is 2.04 bits per heavy atom. The Bertz CT molecular complexity index is 746. The Labute approximate surface area is 139 Å². The molecule has 2 aromatic rings. The molecule has 0 atom stereocenters. The van der Waals surface area contributed by atoms with Gasteiger partial charge in [0.15, 0.2) is 0 Å². The minimum absolute atomic E-state index is 0.0982. The van der Waals surface area contributed by atoms with Crippen LogP contribution >= 0.6 is 0 Å². The summed E-state index contributed by atoms with van der Waals surface area (Å²) in [6, 6.07) is 6.61. The number of aromatic amines is 1. The van der Waals surface area contributed by atoms with Crippen LogP contribution in [-0.2, 0) is 0 Å². The van der Waals surface area contributed by atoms with E-state index in [4.69, 9.17) is 4.74 Å². The molecule has 1 amide bonds. The topological polar surface area (TPSA) is 97.0 Å². The first-order valence-electron chi connectivity index (χ1n) is 8.06. The molecule has 1 aliphatic carbocycles. The fourth-order valence-electron chi connectivity index (χ4n) is 2.83. The fraction of sp³-hybridized carbons (Fsp3) is 0.412. The minimum atomic E-state index is -0.324. The molecule has 1 fully saturated rings. The van der Waals surface area contributed by atoms with Crippen molar-refractivity contribution in [3.05, 3.63) is 52.2 Å². The van der Waals surface area contributed by atoms with Crippen molar-refractivity contribution in [3.63, 3.8) is 0 Å². The number of ether oxygens (including phenoxy) is 1. The molecule has 7 heteroatoms. The van der Waals surface area contributed by atoms with Gasteiger partial charge >= 0.3 is 0 Å². The van der Waals surface area contributed by atoms with Crippen LogP contribution in [0.5, 0.6) is 5.75 Å². The van der Waals surface area contributed by atoms with Crippen LogP contribution < -0.4 is 15.6 Å². The molecule has 24 heavy (non-hydrogen) atoms. The van der Waals surface area contributed by atoms with Crippen molar-refractivity contribution in [2.75, 3.05) is 0 Å². The highest BCUT2D eigenvalue weighted by Crippen LogP contribution is 2.25. The first-order valence-corrected chi connectivity index (χ1v) is 8.06. The van der Waals surface area contributed by atoms with Gasteiger partial charge in [0.25, 0.3) is 11.5 Å². The average Bonchev–Trinajstić information content (AvgIpc) is 2.59. The zero-order valence-electron chi connectivity index (χ0n) is 13.5. The van der Waals surface area contributed by atoms with Gasteiger partial charge in [-0.2, -0.15) is 5.10 Å². The van der Waals surface area contributed by atoms with Gasteiger partial charge in [-0.15, -0.1) is 0 Å². The lowest BCUT2D eigenvalue weighted by Crippen LogP contribution is -2.40. The molecule has 2 heterocycles. The highest BCUT2D eigenvalue weighted by molar-refractivity contribution is 5.92. The SMILES string of the molecule is Cc1ncccc1OC1CCC(NC(=O)c2ccc(=O)[nH]n2)CC1. The van der Waals surface area contributed by atoms with Gasteiger partial charge in [-0.05, 0) is 50.8 Å². The van der Waals surface area contributed by atoms with E-state index in [-0.39, 0.29) is 29.3 Å². The molecule has 1 saturated carbocycles. The predicted molar refractivity (Wildman–Crippen MR) is 88.0 cm³/mol. The summed E-state index contributed by atoms with van der Waals surface area (Å²) in [6.07, 6.45) is 5.33. The van der Waals surface area contributed by atoms with Crippen molar-refractivity contribution in [1.29, 1.82) is 0 Å². The molecule has 0 spiro atoms. The molecule has 7 nitrogen and oxygen atoms in total. The van der Waals surface area contributed by atoms with Gasteiger partial charge < -0.3 is 10.1 Å². The van der Waals surface area contributed by atoms with E-state index in [1.807, 2.05) is 19.1 Å². The Morgan fingerprint density at radius 1 is 1.25 bits per heavy atom. The maximum absolute atomic E-state index is 12.1. The highest BCUT2D eigenvalue weighted by Gasteiger charge is 2.24. The zero-order chi connectivity index (χ0) is 16.9. The summed E-state index contributed by atoms with van der Waals surface area (Å²) < 4.78 is 6.01. The van der Waals surface area contributed by atoms with Crippen molar-refractivity contribution in [1.82, 2.24) is 20.5 Å². The number of rotatable bonds is 4. The third-order valence-corrected chi connectivity index (χ3v) is 4.17. The van der Waals surface area contributed by atoms with Crippen LogP contribution in [0.25, 0.3) is 0 Å². The van der Waals surface area contributed by atoms with E-state index in [9.17, 15) is 9.59 Å². The summed E-state index contributed by atoms with van der Waals surface area (Å²) in [5.41, 5.74) is 0.783. The number of carbonyl (C=O) groups is 1. The van der Waals surface area contributed by atoms with Crippen molar-refractivity contribution in [2.24, 2.45) is 0 Å². The van der Waals surface area contributed by atoms with E-state index in [1.54, 1.807) is 6.20 Å². The lowest BCUT2D eigenvalue weighted by Gasteiger charge is -2.29. The lowest BCUT2D eigenvalue weighted by atomic mass is 9.93. The number of carbonyl (C=O) groups excluding carboxylic acids is 1. The normalized spacial score (nSPS) is 20.4. The first kappa shape index (κ1) is 16.2. The molecule has 0 unspecified atom stereocenters. The summed E-state index contributed by atoms with van der Waals surface area (Å²) in [5, 5.41) is 8.97. The Hall–Kier alpha value is -2.70. The van der Waals surface area contributed by atoms with Gasteiger partial charge in [0.1, 0.15) is 11.4 Å². The van der Waals surface area contributed by atoms with Gasteiger partial charge in [-0.3, -0.25) is 14.6 Å². The number of nitrogens with one attached hydrogen (secondary N) is 2. The van der Waals surface area contributed by atoms with Crippen molar-refractivity contribution < 1.29 is 9.53 Å². The number of aryl methyl sites for hydroxylation is 1. The van der Waals surface area contributed by atoms with Crippen LogP contribution in [0.3, 0.4) is 0 Å². The summed E-state index contributed by atoms with van der Waals surface area (Å²) in [7, 11) is 0. The number of aromatic nitrogens is 3. The third-order valence-electron chi connectivity index (χ3n) is 4.17. The van der Waals surface area contributed by atoms with Gasteiger partial charge in [-0.1, -0.05) is 0 Å². The van der Waals surface area contributed by atoms with E-state index in [2.05, 4.69) is 20.5 Å². The number of hydrogen-bond acceptors (Lipinski definition) is 5. The number of H-pyrrole nitrogens is 1. The molecule has 0 aliphatic heterocycles. The summed E-state index contributed by atoms with van der Waals surface area (Å²) in [6.45, 7) is 1.93. The second-order valence-electron chi connectivity index (χ2n) is 5.96. The van der Waals surface area contributed by atoms with Crippen LogP contribution in [0.1, 0.15) is 41.9 Å². The maximum atomic E-state index is 12.1. The highest BCUT2D eigenvalue weighted by atomic mass is 16.5. The lowest BCUT2D eigenvalue weighted by molar-refractivity contribution is 0.0887. The summed E-state index contributed by atoms with van der Waals surface area (Å²) in [4.78, 5) is 27.3. The van der Waals surface area contributed by atoms with Crippen molar-refractivity contribution >= 4 is 5.91 Å². The Balaban J connectivity index is 1.50. The van der Waals surface area contributed by atoms with Crippen molar-refractivity contribution in [3.8, 4) is 5.75 Å². The zero-order valence-corrected chi connectivity index (χ0v) is 13.5. The maximum Gasteiger partial charge on any atom is 0.271 e. The quantitative estimate of drug-likeness (QED) is 0.888. The Morgan fingerprint density at radius 3 is 2.71 bits per heavy atom. The van der Waals surface area contributed by atoms with E-state index in [0.29, 0.717) is 0 Å². The summed E-state index contributed by atoms with van der Waals surface area (Å²) in [5.74, 6) is 0.557. The molecule has 1 aliphatic rings. The van der Waals surface area contributed by atoms with Crippen molar-refractivity contribution in [2.45, 2.75) is 44.8 Å². The molecule has 0 radical (unpaired) electrons. The standard InChI is InChI=1S/C17H20N4O3/c1-11-15(3-2-10-18-11)24-13-6-4-12(5-7-13)19-17(23)14-8-9-16(22)21-20-14/h2-3,8-10,12-13H,4-7H2,1H3,(H,19,23)(H,21,22). The molecule has 0 bridgehead atoms. The van der Waals surface area contributed by atoms with Gasteiger partial charge in [0, 0.05) is 18.3 Å². The second-order valence-corrected chi connectivity index (χ2v) is 5.96. The monoisotopic (exact) mass is 328 g/mol. The largest absolute Gasteiger partial charge is 0.489 e. The molecule has 3 rings (SSSR count). The number of amides is 1. The number of pyridine rings is 1. The van der Waals surface area contributed by atoms with Crippen LogP contribution in [0.4, 0.5) is 0 Å². The van der Waals surface area contributed by atoms with Gasteiger partial charge in [0.05, 0.1) is 11.8 Å². The van der Waals surface area contributed by atoms with Crippen LogP contribution in [0, 0.1) is 6.92 Å². The van der Waals surface area contributed by atoms with E-state index >= 15 is 0 Å².